The minimum atomic E-state index is -1.00. The Bertz CT molecular complexity index is 801. The number of benzene rings is 2. The summed E-state index contributed by atoms with van der Waals surface area (Å²) in [6, 6.07) is 21.0. The molecule has 4 rings (SSSR count). The quantitative estimate of drug-likeness (QED) is 0.787. The molecule has 1 heterocycles. The molecular formula is C26H32NO+. The lowest BCUT2D eigenvalue weighted by Gasteiger charge is -2.35. The smallest absolute Gasteiger partial charge is 0.153 e. The summed E-state index contributed by atoms with van der Waals surface area (Å²) in [4.78, 5) is 1.54. The van der Waals surface area contributed by atoms with Crippen LogP contribution in [0.5, 0.6) is 0 Å². The van der Waals surface area contributed by atoms with E-state index in [1.165, 1.54) is 37.8 Å². The van der Waals surface area contributed by atoms with Crippen LogP contribution in [0.3, 0.4) is 0 Å². The van der Waals surface area contributed by atoms with Gasteiger partial charge in [0.2, 0.25) is 0 Å². The van der Waals surface area contributed by atoms with Gasteiger partial charge in [0.05, 0.1) is 13.1 Å². The first-order valence-electron chi connectivity index (χ1n) is 10.9. The average Bonchev–Trinajstić information content (AvgIpc) is 3.24. The Hall–Kier alpha value is -2.08. The molecule has 2 aliphatic rings. The minimum absolute atomic E-state index is 0.252. The van der Waals surface area contributed by atoms with Crippen molar-refractivity contribution in [3.63, 3.8) is 0 Å². The third kappa shape index (κ3) is 4.32. The third-order valence-corrected chi connectivity index (χ3v) is 6.68. The van der Waals surface area contributed by atoms with Crippen LogP contribution in [-0.2, 0) is 5.60 Å². The summed E-state index contributed by atoms with van der Waals surface area (Å²) in [5.74, 6) is 7.64. The normalized spacial score (nSPS) is 24.9. The molecule has 0 bridgehead atoms. The maximum atomic E-state index is 11.6. The van der Waals surface area contributed by atoms with Crippen LogP contribution in [-0.4, -0.2) is 24.7 Å². The molecule has 1 unspecified atom stereocenters. The van der Waals surface area contributed by atoms with Crippen molar-refractivity contribution in [2.75, 3.05) is 19.6 Å². The zero-order valence-corrected chi connectivity index (χ0v) is 16.7. The van der Waals surface area contributed by atoms with E-state index in [-0.39, 0.29) is 5.92 Å². The summed E-state index contributed by atoms with van der Waals surface area (Å²) in [6.07, 6.45) is 7.08. The van der Waals surface area contributed by atoms with Gasteiger partial charge in [0.15, 0.2) is 5.60 Å². The predicted octanol–water partition coefficient (Wildman–Crippen LogP) is 3.53. The molecule has 146 valence electrons. The Kier molecular flexibility index (Phi) is 6.15. The number of hydrogen-bond donors (Lipinski definition) is 2. The Labute approximate surface area is 169 Å². The maximum Gasteiger partial charge on any atom is 0.153 e. The Morgan fingerprint density at radius 1 is 0.893 bits per heavy atom. The van der Waals surface area contributed by atoms with Gasteiger partial charge in [-0.1, -0.05) is 85.8 Å². The number of rotatable bonds is 4. The van der Waals surface area contributed by atoms with E-state index in [1.807, 2.05) is 30.3 Å². The van der Waals surface area contributed by atoms with Gasteiger partial charge in [0.25, 0.3) is 0 Å². The van der Waals surface area contributed by atoms with Gasteiger partial charge in [0, 0.05) is 18.3 Å². The van der Waals surface area contributed by atoms with E-state index in [0.29, 0.717) is 5.92 Å². The summed E-state index contributed by atoms with van der Waals surface area (Å²) in [7, 11) is 0. The van der Waals surface area contributed by atoms with Gasteiger partial charge in [-0.25, -0.2) is 0 Å². The molecule has 0 aromatic heterocycles. The third-order valence-electron chi connectivity index (χ3n) is 6.68. The highest BCUT2D eigenvalue weighted by molar-refractivity contribution is 5.33. The fourth-order valence-electron chi connectivity index (χ4n) is 5.03. The highest BCUT2D eigenvalue weighted by Crippen LogP contribution is 2.38. The van der Waals surface area contributed by atoms with Crippen LogP contribution in [0.25, 0.3) is 0 Å². The monoisotopic (exact) mass is 374 g/mol. The van der Waals surface area contributed by atoms with Crippen molar-refractivity contribution >= 4 is 0 Å². The lowest BCUT2D eigenvalue weighted by Crippen LogP contribution is -3.10. The van der Waals surface area contributed by atoms with Crippen molar-refractivity contribution in [3.05, 3.63) is 71.8 Å². The summed E-state index contributed by atoms with van der Waals surface area (Å²) >= 11 is 0. The molecule has 2 fully saturated rings. The lowest BCUT2D eigenvalue weighted by molar-refractivity contribution is -0.880. The van der Waals surface area contributed by atoms with Crippen LogP contribution in [0.2, 0.25) is 0 Å². The van der Waals surface area contributed by atoms with E-state index in [2.05, 4.69) is 42.2 Å². The summed E-state index contributed by atoms with van der Waals surface area (Å²) in [6.45, 7) is 3.14. The number of aliphatic hydroxyl groups is 1. The van der Waals surface area contributed by atoms with Crippen molar-refractivity contribution < 1.29 is 10.0 Å². The van der Waals surface area contributed by atoms with Gasteiger partial charge in [-0.2, -0.15) is 0 Å². The van der Waals surface area contributed by atoms with Gasteiger partial charge in [-0.05, 0) is 29.9 Å². The van der Waals surface area contributed by atoms with Crippen LogP contribution >= 0.6 is 0 Å². The summed E-state index contributed by atoms with van der Waals surface area (Å²) < 4.78 is 0. The van der Waals surface area contributed by atoms with Gasteiger partial charge in [0.1, 0.15) is 6.54 Å². The summed E-state index contributed by atoms with van der Waals surface area (Å²) in [5.41, 5.74) is 1.42. The topological polar surface area (TPSA) is 24.7 Å². The molecule has 0 amide bonds. The molecule has 1 aliphatic carbocycles. The molecule has 2 N–H and O–H groups in total. The first-order chi connectivity index (χ1) is 13.8. The van der Waals surface area contributed by atoms with E-state index in [4.69, 9.17) is 0 Å². The van der Waals surface area contributed by atoms with E-state index >= 15 is 0 Å². The molecule has 3 atom stereocenters. The lowest BCUT2D eigenvalue weighted by atomic mass is 9.73. The van der Waals surface area contributed by atoms with Crippen LogP contribution in [0.1, 0.15) is 55.6 Å². The zero-order valence-electron chi connectivity index (χ0n) is 16.7. The Balaban J connectivity index is 1.46. The molecule has 0 spiro atoms. The fraction of sp³-hybridized carbons (Fsp3) is 0.462. The van der Waals surface area contributed by atoms with E-state index in [9.17, 15) is 5.11 Å². The van der Waals surface area contributed by atoms with Crippen LogP contribution in [0.15, 0.2) is 60.7 Å². The van der Waals surface area contributed by atoms with Gasteiger partial charge < -0.3 is 10.0 Å². The zero-order chi connectivity index (χ0) is 19.2. The van der Waals surface area contributed by atoms with Crippen molar-refractivity contribution in [1.82, 2.24) is 0 Å². The number of nitrogens with one attached hydrogen (secondary N) is 1. The first-order valence-corrected chi connectivity index (χ1v) is 10.9. The predicted molar refractivity (Wildman–Crippen MR) is 114 cm³/mol. The van der Waals surface area contributed by atoms with Crippen molar-refractivity contribution in [1.29, 1.82) is 0 Å². The molecule has 2 heteroatoms. The second kappa shape index (κ2) is 8.95. The van der Waals surface area contributed by atoms with Crippen molar-refractivity contribution in [3.8, 4) is 11.8 Å². The highest BCUT2D eigenvalue weighted by atomic mass is 16.3. The standard InChI is InChI=1S/C26H31NO/c28-26(24-13-6-2-7-14-24,25-15-8-3-9-16-25)18-10-19-27-20-17-23(21-27)22-11-4-1-5-12-22/h1-2,4-7,11-14,23,25,28H,3,8-9,15-17,19-21H2/p+1/t23-,26+/m0/s1. The molecule has 1 saturated carbocycles. The minimum Gasteiger partial charge on any atom is -0.373 e. The molecule has 1 aliphatic heterocycles. The maximum absolute atomic E-state index is 11.6. The van der Waals surface area contributed by atoms with Crippen LogP contribution in [0.4, 0.5) is 0 Å². The van der Waals surface area contributed by atoms with Crippen LogP contribution in [0, 0.1) is 17.8 Å². The fourth-order valence-corrected chi connectivity index (χ4v) is 5.03. The molecule has 1 saturated heterocycles. The van der Waals surface area contributed by atoms with E-state index in [1.54, 1.807) is 4.90 Å². The number of quaternary nitrogens is 1. The number of likely N-dealkylation sites (tertiary alicyclic amines) is 1. The van der Waals surface area contributed by atoms with E-state index < -0.39 is 5.60 Å². The average molecular weight is 375 g/mol. The second-order valence-corrected chi connectivity index (χ2v) is 8.55. The molecule has 0 radical (unpaired) electrons. The molecule has 2 nitrogen and oxygen atoms in total. The van der Waals surface area contributed by atoms with Gasteiger partial charge in [-0.3, -0.25) is 0 Å². The van der Waals surface area contributed by atoms with Gasteiger partial charge >= 0.3 is 0 Å². The van der Waals surface area contributed by atoms with Crippen LogP contribution < -0.4 is 4.90 Å². The van der Waals surface area contributed by atoms with E-state index in [0.717, 1.165) is 31.5 Å². The first kappa shape index (κ1) is 19.2. The Morgan fingerprint density at radius 2 is 1.57 bits per heavy atom. The SMILES string of the molecule is O[C@](C#CC[NH+]1CC[C@H](c2ccccc2)C1)(c1ccccc1)C1CCCCC1. The second-order valence-electron chi connectivity index (χ2n) is 8.55. The highest BCUT2D eigenvalue weighted by Gasteiger charge is 2.37. The molecular weight excluding hydrogens is 342 g/mol. The molecule has 2 aromatic carbocycles. The molecule has 28 heavy (non-hydrogen) atoms. The number of hydrogen-bond acceptors (Lipinski definition) is 1. The van der Waals surface area contributed by atoms with Crippen molar-refractivity contribution in [2.45, 2.75) is 50.0 Å². The largest absolute Gasteiger partial charge is 0.373 e. The molecule has 2 aromatic rings. The Morgan fingerprint density at radius 3 is 2.29 bits per heavy atom. The van der Waals surface area contributed by atoms with Gasteiger partial charge in [-0.15, -0.1) is 0 Å². The summed E-state index contributed by atoms with van der Waals surface area (Å²) in [5, 5.41) is 11.6. The van der Waals surface area contributed by atoms with Crippen molar-refractivity contribution in [2.24, 2.45) is 5.92 Å².